The molecule has 1 amide bonds. The minimum Gasteiger partial charge on any atom is -0.493 e. The standard InChI is InChI=1S/C20H21F3N2O7/c1-5-8-32-14-7-6-11(20(21,22)23)9-13(14)24-19(26)12-10-15(29-2)17(30-3)18(31-4)16(12)25(27)28/h6-7,9-10H,5,8H2,1-4H3,(H,24,26). The highest BCUT2D eigenvalue weighted by Crippen LogP contribution is 2.46. The highest BCUT2D eigenvalue weighted by atomic mass is 19.4. The molecular formula is C20H21F3N2O7. The number of halogens is 3. The van der Waals surface area contributed by atoms with E-state index in [1.54, 1.807) is 6.92 Å². The van der Waals surface area contributed by atoms with Crippen molar-refractivity contribution in [3.8, 4) is 23.0 Å². The summed E-state index contributed by atoms with van der Waals surface area (Å²) in [5, 5.41) is 14.0. The van der Waals surface area contributed by atoms with Gasteiger partial charge in [-0.3, -0.25) is 14.9 Å². The minimum atomic E-state index is -4.68. The van der Waals surface area contributed by atoms with Crippen molar-refractivity contribution in [2.75, 3.05) is 33.3 Å². The number of carbonyl (C=O) groups excluding carboxylic acids is 1. The van der Waals surface area contributed by atoms with Gasteiger partial charge in [0.25, 0.3) is 5.91 Å². The highest BCUT2D eigenvalue weighted by Gasteiger charge is 2.34. The van der Waals surface area contributed by atoms with Gasteiger partial charge in [-0.1, -0.05) is 6.92 Å². The summed E-state index contributed by atoms with van der Waals surface area (Å²) in [6.45, 7) is 1.97. The zero-order chi connectivity index (χ0) is 24.1. The molecule has 0 atom stereocenters. The van der Waals surface area contributed by atoms with Crippen molar-refractivity contribution < 1.29 is 41.8 Å². The lowest BCUT2D eigenvalue weighted by Gasteiger charge is -2.17. The summed E-state index contributed by atoms with van der Waals surface area (Å²) in [5.41, 5.74) is -2.59. The van der Waals surface area contributed by atoms with Gasteiger partial charge in [0, 0.05) is 6.07 Å². The summed E-state index contributed by atoms with van der Waals surface area (Å²) < 4.78 is 60.2. The fourth-order valence-electron chi connectivity index (χ4n) is 2.83. The first-order valence-corrected chi connectivity index (χ1v) is 9.21. The molecule has 0 aliphatic carbocycles. The molecule has 0 spiro atoms. The van der Waals surface area contributed by atoms with Gasteiger partial charge in [-0.05, 0) is 24.6 Å². The van der Waals surface area contributed by atoms with Gasteiger partial charge in [0.2, 0.25) is 11.5 Å². The molecule has 12 heteroatoms. The van der Waals surface area contributed by atoms with Crippen molar-refractivity contribution in [1.82, 2.24) is 0 Å². The smallest absolute Gasteiger partial charge is 0.416 e. The predicted octanol–water partition coefficient (Wildman–Crippen LogP) is 4.68. The zero-order valence-corrected chi connectivity index (χ0v) is 17.7. The van der Waals surface area contributed by atoms with Crippen molar-refractivity contribution in [1.29, 1.82) is 0 Å². The fourth-order valence-corrected chi connectivity index (χ4v) is 2.83. The molecule has 0 fully saturated rings. The van der Waals surface area contributed by atoms with Crippen molar-refractivity contribution in [2.24, 2.45) is 0 Å². The monoisotopic (exact) mass is 458 g/mol. The molecule has 0 radical (unpaired) electrons. The molecule has 0 heterocycles. The Kier molecular flexibility index (Phi) is 7.73. The van der Waals surface area contributed by atoms with Crippen LogP contribution in [0, 0.1) is 10.1 Å². The molecule has 174 valence electrons. The van der Waals surface area contributed by atoms with Crippen LogP contribution in [0.3, 0.4) is 0 Å². The molecule has 0 bridgehead atoms. The van der Waals surface area contributed by atoms with Crippen molar-refractivity contribution in [3.63, 3.8) is 0 Å². The zero-order valence-electron chi connectivity index (χ0n) is 17.7. The minimum absolute atomic E-state index is 0.0247. The summed E-state index contributed by atoms with van der Waals surface area (Å²) in [4.78, 5) is 23.8. The summed E-state index contributed by atoms with van der Waals surface area (Å²) in [7, 11) is 3.60. The van der Waals surface area contributed by atoms with Crippen LogP contribution >= 0.6 is 0 Å². The van der Waals surface area contributed by atoms with Crippen LogP contribution in [-0.2, 0) is 6.18 Å². The van der Waals surface area contributed by atoms with Gasteiger partial charge in [-0.25, -0.2) is 0 Å². The van der Waals surface area contributed by atoms with Crippen LogP contribution in [0.4, 0.5) is 24.5 Å². The van der Waals surface area contributed by atoms with Crippen molar-refractivity contribution in [2.45, 2.75) is 19.5 Å². The Balaban J connectivity index is 2.62. The summed E-state index contributed by atoms with van der Waals surface area (Å²) >= 11 is 0. The van der Waals surface area contributed by atoms with Crippen molar-refractivity contribution >= 4 is 17.3 Å². The number of methoxy groups -OCH3 is 3. The lowest BCUT2D eigenvalue weighted by Crippen LogP contribution is -2.17. The number of nitrogens with zero attached hydrogens (tertiary/aromatic N) is 1. The molecule has 0 aliphatic heterocycles. The van der Waals surface area contributed by atoms with Gasteiger partial charge in [0.05, 0.1) is 44.1 Å². The van der Waals surface area contributed by atoms with Gasteiger partial charge >= 0.3 is 11.9 Å². The molecule has 0 aromatic heterocycles. The molecule has 0 aliphatic rings. The number of rotatable bonds is 9. The van der Waals surface area contributed by atoms with Crippen LogP contribution in [0.25, 0.3) is 0 Å². The maximum absolute atomic E-state index is 13.2. The molecule has 9 nitrogen and oxygen atoms in total. The van der Waals surface area contributed by atoms with Crippen LogP contribution in [0.1, 0.15) is 29.3 Å². The molecule has 0 saturated carbocycles. The number of alkyl halides is 3. The molecule has 1 N–H and O–H groups in total. The van der Waals surface area contributed by atoms with E-state index in [-0.39, 0.29) is 35.3 Å². The largest absolute Gasteiger partial charge is 0.493 e. The van der Waals surface area contributed by atoms with E-state index in [0.717, 1.165) is 25.3 Å². The number of anilines is 1. The van der Waals surface area contributed by atoms with E-state index >= 15 is 0 Å². The molecule has 2 aromatic rings. The first kappa shape index (κ1) is 24.6. The number of nitrogens with one attached hydrogen (secondary N) is 1. The number of benzene rings is 2. The van der Waals surface area contributed by atoms with Crippen LogP contribution in [0.5, 0.6) is 23.0 Å². The van der Waals surface area contributed by atoms with Gasteiger partial charge < -0.3 is 24.3 Å². The Morgan fingerprint density at radius 3 is 2.22 bits per heavy atom. The number of hydrogen-bond acceptors (Lipinski definition) is 7. The van der Waals surface area contributed by atoms with E-state index in [4.69, 9.17) is 18.9 Å². The van der Waals surface area contributed by atoms with E-state index in [2.05, 4.69) is 5.32 Å². The van der Waals surface area contributed by atoms with Crippen LogP contribution < -0.4 is 24.3 Å². The van der Waals surface area contributed by atoms with Gasteiger partial charge in [-0.15, -0.1) is 0 Å². The lowest BCUT2D eigenvalue weighted by molar-refractivity contribution is -0.386. The second kappa shape index (κ2) is 10.1. The topological polar surface area (TPSA) is 109 Å². The first-order valence-electron chi connectivity index (χ1n) is 9.21. The fraction of sp³-hybridized carbons (Fsp3) is 0.350. The van der Waals surface area contributed by atoms with Gasteiger partial charge in [0.1, 0.15) is 11.3 Å². The third kappa shape index (κ3) is 5.13. The highest BCUT2D eigenvalue weighted by molar-refractivity contribution is 6.09. The van der Waals surface area contributed by atoms with Crippen LogP contribution in [0.2, 0.25) is 0 Å². The van der Waals surface area contributed by atoms with Crippen LogP contribution in [-0.4, -0.2) is 38.8 Å². The Hall–Kier alpha value is -3.70. The summed E-state index contributed by atoms with van der Waals surface area (Å²) in [5.74, 6) is -1.65. The second-order valence-electron chi connectivity index (χ2n) is 6.31. The maximum atomic E-state index is 13.2. The normalized spacial score (nSPS) is 11.0. The maximum Gasteiger partial charge on any atom is 0.416 e. The Labute approximate surface area is 181 Å². The second-order valence-corrected chi connectivity index (χ2v) is 6.31. The average Bonchev–Trinajstić information content (AvgIpc) is 2.75. The molecule has 2 aromatic carbocycles. The molecule has 0 unspecified atom stereocenters. The van der Waals surface area contributed by atoms with Gasteiger partial charge in [-0.2, -0.15) is 13.2 Å². The predicted molar refractivity (Wildman–Crippen MR) is 108 cm³/mol. The average molecular weight is 458 g/mol. The number of nitro benzene ring substituents is 1. The SMILES string of the molecule is CCCOc1ccc(C(F)(F)F)cc1NC(=O)c1cc(OC)c(OC)c(OC)c1[N+](=O)[O-]. The quantitative estimate of drug-likeness (QED) is 0.429. The number of hydrogen-bond donors (Lipinski definition) is 1. The van der Waals surface area contributed by atoms with Crippen LogP contribution in [0.15, 0.2) is 24.3 Å². The first-order chi connectivity index (χ1) is 15.1. The summed E-state index contributed by atoms with van der Waals surface area (Å²) in [6.07, 6.45) is -4.12. The number of ether oxygens (including phenoxy) is 4. The van der Waals surface area contributed by atoms with E-state index in [9.17, 15) is 28.1 Å². The number of amides is 1. The molecular weight excluding hydrogens is 437 g/mol. The Morgan fingerprint density at radius 2 is 1.72 bits per heavy atom. The van der Waals surface area contributed by atoms with Crippen molar-refractivity contribution in [3.05, 3.63) is 45.5 Å². The Morgan fingerprint density at radius 1 is 1.06 bits per heavy atom. The van der Waals surface area contributed by atoms with Gasteiger partial charge in [0.15, 0.2) is 5.75 Å². The van der Waals surface area contributed by atoms with E-state index in [1.807, 2.05) is 0 Å². The lowest BCUT2D eigenvalue weighted by atomic mass is 10.1. The Bertz CT molecular complexity index is 1010. The van der Waals surface area contributed by atoms with E-state index < -0.39 is 33.8 Å². The molecule has 32 heavy (non-hydrogen) atoms. The molecule has 2 rings (SSSR count). The third-order valence-electron chi connectivity index (χ3n) is 4.25. The summed E-state index contributed by atoms with van der Waals surface area (Å²) in [6, 6.07) is 3.60. The van der Waals surface area contributed by atoms with E-state index in [1.165, 1.54) is 14.2 Å². The third-order valence-corrected chi connectivity index (χ3v) is 4.25. The number of carbonyl (C=O) groups is 1. The molecule has 0 saturated heterocycles. The number of nitro groups is 1. The van der Waals surface area contributed by atoms with E-state index in [0.29, 0.717) is 12.5 Å².